The van der Waals surface area contributed by atoms with Crippen LogP contribution in [0.25, 0.3) is 0 Å². The first kappa shape index (κ1) is 12.2. The molecule has 4 nitrogen and oxygen atoms in total. The van der Waals surface area contributed by atoms with Gasteiger partial charge >= 0.3 is 0 Å². The Kier molecular flexibility index (Phi) is 3.54. The van der Waals surface area contributed by atoms with Gasteiger partial charge in [-0.25, -0.2) is 0 Å². The van der Waals surface area contributed by atoms with Gasteiger partial charge in [0.2, 0.25) is 0 Å². The van der Waals surface area contributed by atoms with Gasteiger partial charge in [0.15, 0.2) is 11.5 Å². The largest absolute Gasteiger partial charge is 0.486 e. The highest BCUT2D eigenvalue weighted by Gasteiger charge is 2.20. The normalized spacial score (nSPS) is 17.6. The van der Waals surface area contributed by atoms with Gasteiger partial charge in [-0.1, -0.05) is 0 Å². The van der Waals surface area contributed by atoms with Crippen LogP contribution in [0.3, 0.4) is 0 Å². The van der Waals surface area contributed by atoms with Gasteiger partial charge in [-0.15, -0.1) is 0 Å². The summed E-state index contributed by atoms with van der Waals surface area (Å²) < 4.78 is 11.2. The molecular formula is C13H20N2O2. The van der Waals surface area contributed by atoms with E-state index in [1.54, 1.807) is 0 Å². The minimum Gasteiger partial charge on any atom is -0.486 e. The summed E-state index contributed by atoms with van der Waals surface area (Å²) in [7, 11) is 1.92. The molecule has 0 fully saturated rings. The highest BCUT2D eigenvalue weighted by atomic mass is 16.6. The molecule has 0 aliphatic carbocycles. The standard InChI is InChI=1S/C13H20N2O2/c1-8-6-11-12(17-5-4-16-11)7-10(8)13(15-3)9(2)14/h6-7,9,13,15H,4-5,14H2,1-3H3. The first-order valence-electron chi connectivity index (χ1n) is 5.96. The fraction of sp³-hybridized carbons (Fsp3) is 0.538. The second kappa shape index (κ2) is 4.94. The smallest absolute Gasteiger partial charge is 0.161 e. The third-order valence-electron chi connectivity index (χ3n) is 3.10. The molecule has 0 saturated carbocycles. The SMILES string of the molecule is CNC(c1cc2c(cc1C)OCCO2)C(C)N. The summed E-state index contributed by atoms with van der Waals surface area (Å²) in [5.74, 6) is 1.65. The summed E-state index contributed by atoms with van der Waals surface area (Å²) in [5, 5.41) is 3.24. The van der Waals surface area contributed by atoms with Crippen molar-refractivity contribution in [2.75, 3.05) is 20.3 Å². The number of likely N-dealkylation sites (N-methyl/N-ethyl adjacent to an activating group) is 1. The Balaban J connectivity index is 2.40. The Morgan fingerprint density at radius 3 is 2.35 bits per heavy atom. The highest BCUT2D eigenvalue weighted by molar-refractivity contribution is 5.49. The van der Waals surface area contributed by atoms with Crippen LogP contribution >= 0.6 is 0 Å². The lowest BCUT2D eigenvalue weighted by Gasteiger charge is -2.26. The van der Waals surface area contributed by atoms with E-state index in [1.165, 1.54) is 11.1 Å². The van der Waals surface area contributed by atoms with Gasteiger partial charge in [-0.3, -0.25) is 0 Å². The summed E-state index contributed by atoms with van der Waals surface area (Å²) in [5.41, 5.74) is 8.33. The van der Waals surface area contributed by atoms with Crippen molar-refractivity contribution in [1.82, 2.24) is 5.32 Å². The maximum atomic E-state index is 5.99. The molecule has 0 aromatic heterocycles. The monoisotopic (exact) mass is 236 g/mol. The van der Waals surface area contributed by atoms with E-state index in [4.69, 9.17) is 15.2 Å². The van der Waals surface area contributed by atoms with Crippen molar-refractivity contribution < 1.29 is 9.47 Å². The molecule has 4 heteroatoms. The summed E-state index contributed by atoms with van der Waals surface area (Å²) in [4.78, 5) is 0. The van der Waals surface area contributed by atoms with Crippen molar-refractivity contribution in [3.05, 3.63) is 23.3 Å². The predicted molar refractivity (Wildman–Crippen MR) is 67.6 cm³/mol. The van der Waals surface area contributed by atoms with Crippen LogP contribution in [-0.4, -0.2) is 26.3 Å². The van der Waals surface area contributed by atoms with E-state index in [1.807, 2.05) is 26.1 Å². The van der Waals surface area contributed by atoms with Crippen LogP contribution in [0.15, 0.2) is 12.1 Å². The predicted octanol–water partition coefficient (Wildman–Crippen LogP) is 1.37. The van der Waals surface area contributed by atoms with E-state index in [9.17, 15) is 0 Å². The van der Waals surface area contributed by atoms with E-state index >= 15 is 0 Å². The Hall–Kier alpha value is -1.26. The lowest BCUT2D eigenvalue weighted by Crippen LogP contribution is -2.34. The summed E-state index contributed by atoms with van der Waals surface area (Å²) in [6, 6.07) is 4.23. The number of fused-ring (bicyclic) bond motifs is 1. The van der Waals surface area contributed by atoms with Gasteiger partial charge < -0.3 is 20.5 Å². The Bertz CT molecular complexity index is 405. The number of benzene rings is 1. The van der Waals surface area contributed by atoms with Crippen molar-refractivity contribution in [1.29, 1.82) is 0 Å². The van der Waals surface area contributed by atoms with Crippen LogP contribution in [0.2, 0.25) is 0 Å². The molecule has 0 radical (unpaired) electrons. The molecule has 1 aliphatic rings. The molecular weight excluding hydrogens is 216 g/mol. The molecule has 1 aromatic rings. The molecule has 0 saturated heterocycles. The number of nitrogens with one attached hydrogen (secondary N) is 1. The molecule has 17 heavy (non-hydrogen) atoms. The molecule has 2 unspecified atom stereocenters. The fourth-order valence-corrected chi connectivity index (χ4v) is 2.24. The van der Waals surface area contributed by atoms with Gasteiger partial charge in [0, 0.05) is 12.1 Å². The molecule has 0 amide bonds. The van der Waals surface area contributed by atoms with Crippen LogP contribution in [0.1, 0.15) is 24.1 Å². The van der Waals surface area contributed by atoms with Crippen LogP contribution in [0.5, 0.6) is 11.5 Å². The van der Waals surface area contributed by atoms with Crippen molar-refractivity contribution in [2.24, 2.45) is 5.73 Å². The molecule has 94 valence electrons. The van der Waals surface area contributed by atoms with Crippen LogP contribution in [0, 0.1) is 6.92 Å². The number of nitrogens with two attached hydrogens (primary N) is 1. The molecule has 1 heterocycles. The van der Waals surface area contributed by atoms with Crippen molar-refractivity contribution in [3.63, 3.8) is 0 Å². The Morgan fingerprint density at radius 2 is 1.82 bits per heavy atom. The van der Waals surface area contributed by atoms with E-state index < -0.39 is 0 Å². The zero-order valence-electron chi connectivity index (χ0n) is 10.6. The Morgan fingerprint density at radius 1 is 1.24 bits per heavy atom. The van der Waals surface area contributed by atoms with Crippen molar-refractivity contribution in [2.45, 2.75) is 25.9 Å². The lowest BCUT2D eigenvalue weighted by atomic mass is 9.96. The van der Waals surface area contributed by atoms with Gasteiger partial charge in [0.05, 0.1) is 0 Å². The average molecular weight is 236 g/mol. The van der Waals surface area contributed by atoms with Crippen molar-refractivity contribution in [3.8, 4) is 11.5 Å². The van der Waals surface area contributed by atoms with Gasteiger partial charge in [0.25, 0.3) is 0 Å². The zero-order valence-corrected chi connectivity index (χ0v) is 10.6. The van der Waals surface area contributed by atoms with E-state index in [0.29, 0.717) is 13.2 Å². The fourth-order valence-electron chi connectivity index (χ4n) is 2.24. The summed E-state index contributed by atoms with van der Waals surface area (Å²) in [6.45, 7) is 5.30. The quantitative estimate of drug-likeness (QED) is 0.832. The maximum absolute atomic E-state index is 5.99. The van der Waals surface area contributed by atoms with Crippen LogP contribution < -0.4 is 20.5 Å². The number of ether oxygens (including phenoxy) is 2. The molecule has 2 atom stereocenters. The molecule has 0 spiro atoms. The second-order valence-electron chi connectivity index (χ2n) is 4.48. The highest BCUT2D eigenvalue weighted by Crippen LogP contribution is 2.35. The molecule has 1 aromatic carbocycles. The average Bonchev–Trinajstić information content (AvgIpc) is 2.30. The third-order valence-corrected chi connectivity index (χ3v) is 3.10. The first-order valence-corrected chi connectivity index (χ1v) is 5.96. The topological polar surface area (TPSA) is 56.5 Å². The number of aryl methyl sites for hydroxylation is 1. The van der Waals surface area contributed by atoms with Gasteiger partial charge in [-0.2, -0.15) is 0 Å². The van der Waals surface area contributed by atoms with E-state index in [0.717, 1.165) is 11.5 Å². The molecule has 1 aliphatic heterocycles. The first-order chi connectivity index (χ1) is 8.13. The summed E-state index contributed by atoms with van der Waals surface area (Å²) in [6.07, 6.45) is 0. The Labute approximate surface area is 102 Å². The van der Waals surface area contributed by atoms with Crippen molar-refractivity contribution >= 4 is 0 Å². The molecule has 2 rings (SSSR count). The van der Waals surface area contributed by atoms with Crippen LogP contribution in [-0.2, 0) is 0 Å². The number of hydrogen-bond acceptors (Lipinski definition) is 4. The zero-order chi connectivity index (χ0) is 12.4. The molecule has 3 N–H and O–H groups in total. The van der Waals surface area contributed by atoms with E-state index in [-0.39, 0.29) is 12.1 Å². The minimum absolute atomic E-state index is 0.0428. The molecule has 0 bridgehead atoms. The van der Waals surface area contributed by atoms with Gasteiger partial charge in [-0.05, 0) is 44.2 Å². The number of hydrogen-bond donors (Lipinski definition) is 2. The third kappa shape index (κ3) is 2.37. The van der Waals surface area contributed by atoms with Gasteiger partial charge in [0.1, 0.15) is 13.2 Å². The minimum atomic E-state index is 0.0428. The van der Waals surface area contributed by atoms with E-state index in [2.05, 4.69) is 12.2 Å². The number of rotatable bonds is 3. The lowest BCUT2D eigenvalue weighted by molar-refractivity contribution is 0.171. The summed E-state index contributed by atoms with van der Waals surface area (Å²) >= 11 is 0. The second-order valence-corrected chi connectivity index (χ2v) is 4.48. The maximum Gasteiger partial charge on any atom is 0.161 e. The van der Waals surface area contributed by atoms with Crippen LogP contribution in [0.4, 0.5) is 0 Å².